The molecule has 0 saturated carbocycles. The fraction of sp³-hybridized carbons (Fsp3) is 0.0909. The average molecular weight is 231 g/mol. The Morgan fingerprint density at radius 1 is 1.29 bits per heavy atom. The van der Waals surface area contributed by atoms with Crippen molar-refractivity contribution in [2.24, 2.45) is 0 Å². The van der Waals surface area contributed by atoms with E-state index in [1.54, 1.807) is 12.1 Å². The molecule has 17 heavy (non-hydrogen) atoms. The summed E-state index contributed by atoms with van der Waals surface area (Å²) in [5.41, 5.74) is 1.06. The van der Waals surface area contributed by atoms with Gasteiger partial charge in [-0.25, -0.2) is 9.48 Å². The van der Waals surface area contributed by atoms with Gasteiger partial charge in [0.15, 0.2) is 5.78 Å². The predicted octanol–water partition coefficient (Wildman–Crippen LogP) is 1.17. The second kappa shape index (κ2) is 4.17. The molecule has 6 nitrogen and oxygen atoms in total. The highest BCUT2D eigenvalue weighted by molar-refractivity contribution is 5.92. The van der Waals surface area contributed by atoms with Crippen molar-refractivity contribution in [3.05, 3.63) is 42.0 Å². The maximum Gasteiger partial charge on any atom is 0.338 e. The summed E-state index contributed by atoms with van der Waals surface area (Å²) in [5, 5.41) is 12.6. The van der Waals surface area contributed by atoms with Crippen LogP contribution in [0.1, 0.15) is 27.8 Å². The van der Waals surface area contributed by atoms with Crippen LogP contribution in [0, 0.1) is 0 Å². The monoisotopic (exact) mass is 231 g/mol. The molecule has 0 aromatic carbocycles. The molecule has 86 valence electrons. The van der Waals surface area contributed by atoms with E-state index in [1.807, 2.05) is 0 Å². The smallest absolute Gasteiger partial charge is 0.338 e. The van der Waals surface area contributed by atoms with Crippen LogP contribution in [0.15, 0.2) is 30.7 Å². The van der Waals surface area contributed by atoms with Gasteiger partial charge in [-0.15, -0.1) is 0 Å². The van der Waals surface area contributed by atoms with Crippen LogP contribution >= 0.6 is 0 Å². The molecule has 0 amide bonds. The second-order valence-electron chi connectivity index (χ2n) is 3.44. The van der Waals surface area contributed by atoms with E-state index in [1.165, 1.54) is 30.2 Å². The second-order valence-corrected chi connectivity index (χ2v) is 3.44. The standard InChI is InChI=1S/C11H9N3O3/c1-7(15)10-3-2-9(5-12-10)14-6-8(4-13-14)11(16)17/h2-6H,1H3,(H,16,17). The van der Waals surface area contributed by atoms with E-state index < -0.39 is 5.97 Å². The van der Waals surface area contributed by atoms with Crippen LogP contribution in [0.2, 0.25) is 0 Å². The van der Waals surface area contributed by atoms with E-state index in [4.69, 9.17) is 5.11 Å². The quantitative estimate of drug-likeness (QED) is 0.801. The molecule has 0 aliphatic heterocycles. The Labute approximate surface area is 96.5 Å². The number of carboxylic acid groups (broad SMARTS) is 1. The summed E-state index contributed by atoms with van der Waals surface area (Å²) in [5.74, 6) is -1.16. The van der Waals surface area contributed by atoms with Gasteiger partial charge in [-0.2, -0.15) is 5.10 Å². The van der Waals surface area contributed by atoms with Gasteiger partial charge in [0.05, 0.1) is 23.6 Å². The number of carbonyl (C=O) groups excluding carboxylic acids is 1. The molecule has 0 unspecified atom stereocenters. The molecule has 2 aromatic heterocycles. The minimum atomic E-state index is -1.04. The molecule has 0 aliphatic carbocycles. The van der Waals surface area contributed by atoms with E-state index in [-0.39, 0.29) is 11.3 Å². The lowest BCUT2D eigenvalue weighted by Gasteiger charge is -2.00. The molecule has 0 fully saturated rings. The maximum absolute atomic E-state index is 11.0. The number of aromatic carboxylic acids is 1. The minimum absolute atomic E-state index is 0.0978. The van der Waals surface area contributed by atoms with Crippen LogP contribution in [0.3, 0.4) is 0 Å². The summed E-state index contributed by atoms with van der Waals surface area (Å²) in [6, 6.07) is 3.22. The van der Waals surface area contributed by atoms with Crippen molar-refractivity contribution in [1.29, 1.82) is 0 Å². The number of aromatic nitrogens is 3. The zero-order valence-corrected chi connectivity index (χ0v) is 8.99. The number of Topliss-reactive ketones (excluding diaryl/α,β-unsaturated/α-hetero) is 1. The van der Waals surface area contributed by atoms with E-state index in [0.717, 1.165) is 0 Å². The van der Waals surface area contributed by atoms with Crippen molar-refractivity contribution in [3.63, 3.8) is 0 Å². The molecule has 0 aliphatic rings. The maximum atomic E-state index is 11.0. The molecule has 6 heteroatoms. The third-order valence-corrected chi connectivity index (χ3v) is 2.20. The van der Waals surface area contributed by atoms with Gasteiger partial charge in [-0.1, -0.05) is 0 Å². The van der Waals surface area contributed by atoms with Gasteiger partial charge < -0.3 is 5.11 Å². The summed E-state index contributed by atoms with van der Waals surface area (Å²) >= 11 is 0. The van der Waals surface area contributed by atoms with Gasteiger partial charge in [0, 0.05) is 13.1 Å². The Kier molecular flexibility index (Phi) is 2.70. The molecule has 2 rings (SSSR count). The fourth-order valence-corrected chi connectivity index (χ4v) is 1.30. The molecule has 0 saturated heterocycles. The Bertz CT molecular complexity index is 572. The summed E-state index contributed by atoms with van der Waals surface area (Å²) in [4.78, 5) is 25.7. The van der Waals surface area contributed by atoms with Crippen LogP contribution in [0.5, 0.6) is 0 Å². The van der Waals surface area contributed by atoms with Gasteiger partial charge in [-0.3, -0.25) is 9.78 Å². The van der Waals surface area contributed by atoms with Crippen LogP contribution in [-0.2, 0) is 0 Å². The number of carboxylic acids is 1. The number of hydrogen-bond acceptors (Lipinski definition) is 4. The van der Waals surface area contributed by atoms with Crippen LogP contribution in [0.25, 0.3) is 5.69 Å². The number of carbonyl (C=O) groups is 2. The lowest BCUT2D eigenvalue weighted by atomic mass is 10.2. The van der Waals surface area contributed by atoms with Crippen molar-refractivity contribution in [1.82, 2.24) is 14.8 Å². The normalized spacial score (nSPS) is 10.2. The molecule has 0 spiro atoms. The summed E-state index contributed by atoms with van der Waals surface area (Å²) < 4.78 is 1.39. The number of nitrogens with zero attached hydrogens (tertiary/aromatic N) is 3. The lowest BCUT2D eigenvalue weighted by molar-refractivity contribution is 0.0696. The largest absolute Gasteiger partial charge is 0.478 e. The Balaban J connectivity index is 2.33. The first-order chi connectivity index (χ1) is 8.08. The van der Waals surface area contributed by atoms with Crippen molar-refractivity contribution >= 4 is 11.8 Å². The van der Waals surface area contributed by atoms with Crippen molar-refractivity contribution < 1.29 is 14.7 Å². The highest BCUT2D eigenvalue weighted by atomic mass is 16.4. The van der Waals surface area contributed by atoms with E-state index in [9.17, 15) is 9.59 Å². The van der Waals surface area contributed by atoms with Gasteiger partial charge in [-0.05, 0) is 12.1 Å². The van der Waals surface area contributed by atoms with Crippen molar-refractivity contribution in [2.45, 2.75) is 6.92 Å². The molecular formula is C11H9N3O3. The first kappa shape index (κ1) is 11.0. The zero-order valence-electron chi connectivity index (χ0n) is 8.99. The third-order valence-electron chi connectivity index (χ3n) is 2.20. The molecule has 0 atom stereocenters. The number of ketones is 1. The third kappa shape index (κ3) is 2.20. The van der Waals surface area contributed by atoms with E-state index in [2.05, 4.69) is 10.1 Å². The topological polar surface area (TPSA) is 85.1 Å². The first-order valence-corrected chi connectivity index (χ1v) is 4.83. The summed E-state index contributed by atoms with van der Waals surface area (Å²) in [6.07, 6.45) is 4.10. The Morgan fingerprint density at radius 3 is 2.53 bits per heavy atom. The summed E-state index contributed by atoms with van der Waals surface area (Å²) in [6.45, 7) is 1.43. The van der Waals surface area contributed by atoms with Gasteiger partial charge in [0.1, 0.15) is 5.69 Å². The summed E-state index contributed by atoms with van der Waals surface area (Å²) in [7, 11) is 0. The van der Waals surface area contributed by atoms with E-state index in [0.29, 0.717) is 11.4 Å². The lowest BCUT2D eigenvalue weighted by Crippen LogP contribution is -2.00. The fourth-order valence-electron chi connectivity index (χ4n) is 1.30. The Hall–Kier alpha value is -2.50. The minimum Gasteiger partial charge on any atom is -0.478 e. The SMILES string of the molecule is CC(=O)c1ccc(-n2cc(C(=O)O)cn2)cn1. The Morgan fingerprint density at radius 2 is 2.06 bits per heavy atom. The highest BCUT2D eigenvalue weighted by Gasteiger charge is 2.07. The van der Waals surface area contributed by atoms with Crippen molar-refractivity contribution in [2.75, 3.05) is 0 Å². The van der Waals surface area contributed by atoms with Gasteiger partial charge in [0.25, 0.3) is 0 Å². The van der Waals surface area contributed by atoms with Crippen LogP contribution in [-0.4, -0.2) is 31.6 Å². The van der Waals surface area contributed by atoms with Crippen LogP contribution in [0.4, 0.5) is 0 Å². The molecule has 2 aromatic rings. The van der Waals surface area contributed by atoms with Crippen molar-refractivity contribution in [3.8, 4) is 5.69 Å². The number of pyridine rings is 1. The number of hydrogen-bond donors (Lipinski definition) is 1. The highest BCUT2D eigenvalue weighted by Crippen LogP contribution is 2.08. The van der Waals surface area contributed by atoms with Gasteiger partial charge >= 0.3 is 5.97 Å². The predicted molar refractivity (Wildman–Crippen MR) is 58.3 cm³/mol. The molecule has 0 radical (unpaired) electrons. The van der Waals surface area contributed by atoms with Gasteiger partial charge in [0.2, 0.25) is 0 Å². The van der Waals surface area contributed by atoms with Crippen LogP contribution < -0.4 is 0 Å². The molecular weight excluding hydrogens is 222 g/mol. The van der Waals surface area contributed by atoms with E-state index >= 15 is 0 Å². The molecule has 2 heterocycles. The number of rotatable bonds is 3. The molecule has 0 bridgehead atoms. The first-order valence-electron chi connectivity index (χ1n) is 4.83. The zero-order chi connectivity index (χ0) is 12.4. The average Bonchev–Trinajstić information content (AvgIpc) is 2.78. The molecule has 1 N–H and O–H groups in total.